The van der Waals surface area contributed by atoms with E-state index in [0.29, 0.717) is 18.1 Å². The van der Waals surface area contributed by atoms with Gasteiger partial charge in [0.15, 0.2) is 11.5 Å². The fraction of sp³-hybridized carbons (Fsp3) is 0.500. The van der Waals surface area contributed by atoms with E-state index in [2.05, 4.69) is 0 Å². The molecule has 0 saturated heterocycles. The van der Waals surface area contributed by atoms with Crippen LogP contribution in [0.15, 0.2) is 18.2 Å². The van der Waals surface area contributed by atoms with Crippen molar-refractivity contribution in [1.29, 1.82) is 0 Å². The maximum absolute atomic E-state index is 9.22. The van der Waals surface area contributed by atoms with Crippen molar-refractivity contribution in [3.05, 3.63) is 23.8 Å². The van der Waals surface area contributed by atoms with E-state index < -0.39 is 6.10 Å². The Morgan fingerprint density at radius 3 is 2.53 bits per heavy atom. The highest BCUT2D eigenvalue weighted by Crippen LogP contribution is 2.27. The van der Waals surface area contributed by atoms with Gasteiger partial charge < -0.3 is 25.1 Å². The molecule has 1 atom stereocenters. The molecule has 0 heterocycles. The number of ether oxygens (including phenoxy) is 3. The number of aliphatic hydroxyl groups excluding tert-OH is 1. The Hall–Kier alpha value is -1.30. The van der Waals surface area contributed by atoms with Crippen LogP contribution in [0.4, 0.5) is 0 Å². The van der Waals surface area contributed by atoms with Gasteiger partial charge in [-0.25, -0.2) is 0 Å². The highest BCUT2D eigenvalue weighted by atomic mass is 16.5. The Balaban J connectivity index is 2.54. The van der Waals surface area contributed by atoms with Crippen molar-refractivity contribution in [1.82, 2.24) is 0 Å². The van der Waals surface area contributed by atoms with Gasteiger partial charge in [-0.05, 0) is 17.7 Å². The van der Waals surface area contributed by atoms with Gasteiger partial charge in [0.05, 0.1) is 33.5 Å². The van der Waals surface area contributed by atoms with Gasteiger partial charge in [-0.1, -0.05) is 6.07 Å². The van der Waals surface area contributed by atoms with E-state index in [1.165, 1.54) is 0 Å². The molecule has 0 aliphatic rings. The van der Waals surface area contributed by atoms with Gasteiger partial charge in [-0.15, -0.1) is 0 Å². The molecule has 0 bridgehead atoms. The molecule has 1 aromatic rings. The molecule has 3 N–H and O–H groups in total. The number of methoxy groups -OCH3 is 2. The molecule has 0 aromatic heterocycles. The van der Waals surface area contributed by atoms with Gasteiger partial charge in [0, 0.05) is 6.54 Å². The SMILES string of the molecule is COc1ccc(COCC(O)CN)cc1OC. The second kappa shape index (κ2) is 7.11. The van der Waals surface area contributed by atoms with Gasteiger partial charge in [-0.2, -0.15) is 0 Å². The summed E-state index contributed by atoms with van der Waals surface area (Å²) in [6.07, 6.45) is -0.616. The zero-order chi connectivity index (χ0) is 12.7. The van der Waals surface area contributed by atoms with Crippen LogP contribution in [0.3, 0.4) is 0 Å². The normalized spacial score (nSPS) is 12.2. The Bertz CT molecular complexity index is 343. The molecule has 0 amide bonds. The molecule has 0 saturated carbocycles. The van der Waals surface area contributed by atoms with Crippen molar-refractivity contribution in [3.63, 3.8) is 0 Å². The fourth-order valence-corrected chi connectivity index (χ4v) is 1.35. The van der Waals surface area contributed by atoms with Crippen LogP contribution in [-0.2, 0) is 11.3 Å². The first-order valence-corrected chi connectivity index (χ1v) is 5.38. The number of hydrogen-bond donors (Lipinski definition) is 2. The predicted octanol–water partition coefficient (Wildman–Crippen LogP) is 0.540. The monoisotopic (exact) mass is 241 g/mol. The molecule has 96 valence electrons. The van der Waals surface area contributed by atoms with Crippen molar-refractivity contribution in [2.45, 2.75) is 12.7 Å². The minimum atomic E-state index is -0.616. The Kier molecular flexibility index (Phi) is 5.76. The zero-order valence-corrected chi connectivity index (χ0v) is 10.2. The van der Waals surface area contributed by atoms with Crippen molar-refractivity contribution in [3.8, 4) is 11.5 Å². The highest BCUT2D eigenvalue weighted by molar-refractivity contribution is 5.42. The first kappa shape index (κ1) is 13.8. The van der Waals surface area contributed by atoms with Gasteiger partial charge in [0.2, 0.25) is 0 Å². The van der Waals surface area contributed by atoms with Gasteiger partial charge in [0.1, 0.15) is 0 Å². The van der Waals surface area contributed by atoms with Crippen LogP contribution in [0.2, 0.25) is 0 Å². The topological polar surface area (TPSA) is 73.9 Å². The summed E-state index contributed by atoms with van der Waals surface area (Å²) in [5, 5.41) is 9.22. The molecule has 0 fully saturated rings. The molecule has 5 heteroatoms. The highest BCUT2D eigenvalue weighted by Gasteiger charge is 2.05. The van der Waals surface area contributed by atoms with Gasteiger partial charge >= 0.3 is 0 Å². The molecular weight excluding hydrogens is 222 g/mol. The third kappa shape index (κ3) is 4.22. The van der Waals surface area contributed by atoms with E-state index in [1.807, 2.05) is 18.2 Å². The summed E-state index contributed by atoms with van der Waals surface area (Å²) in [4.78, 5) is 0. The van der Waals surface area contributed by atoms with Crippen molar-refractivity contribution >= 4 is 0 Å². The van der Waals surface area contributed by atoms with Crippen LogP contribution in [0.1, 0.15) is 5.56 Å². The molecule has 1 rings (SSSR count). The molecule has 0 radical (unpaired) electrons. The van der Waals surface area contributed by atoms with Crippen LogP contribution in [-0.4, -0.2) is 38.6 Å². The Morgan fingerprint density at radius 2 is 1.94 bits per heavy atom. The lowest BCUT2D eigenvalue weighted by molar-refractivity contribution is 0.0328. The summed E-state index contributed by atoms with van der Waals surface area (Å²) in [7, 11) is 3.17. The van der Waals surface area contributed by atoms with E-state index in [4.69, 9.17) is 19.9 Å². The average molecular weight is 241 g/mol. The third-order valence-electron chi connectivity index (χ3n) is 2.30. The summed E-state index contributed by atoms with van der Waals surface area (Å²) in [5.41, 5.74) is 6.22. The lowest BCUT2D eigenvalue weighted by Crippen LogP contribution is -2.24. The van der Waals surface area contributed by atoms with Gasteiger partial charge in [0.25, 0.3) is 0 Å². The maximum Gasteiger partial charge on any atom is 0.161 e. The summed E-state index contributed by atoms with van der Waals surface area (Å²) >= 11 is 0. The summed E-state index contributed by atoms with van der Waals surface area (Å²) in [6, 6.07) is 5.54. The lowest BCUT2D eigenvalue weighted by Gasteiger charge is -2.11. The number of nitrogens with two attached hydrogens (primary N) is 1. The Morgan fingerprint density at radius 1 is 1.24 bits per heavy atom. The molecule has 0 aliphatic carbocycles. The van der Waals surface area contributed by atoms with E-state index >= 15 is 0 Å². The molecule has 17 heavy (non-hydrogen) atoms. The molecule has 0 aliphatic heterocycles. The van der Waals surface area contributed by atoms with Crippen LogP contribution in [0.5, 0.6) is 11.5 Å². The van der Waals surface area contributed by atoms with Crippen molar-refractivity contribution < 1.29 is 19.3 Å². The standard InChI is InChI=1S/C12H19NO4/c1-15-11-4-3-9(5-12(11)16-2)7-17-8-10(14)6-13/h3-5,10,14H,6-8,13H2,1-2H3. The number of benzene rings is 1. The van der Waals surface area contributed by atoms with Crippen LogP contribution in [0, 0.1) is 0 Å². The second-order valence-electron chi connectivity index (χ2n) is 3.59. The number of hydrogen-bond acceptors (Lipinski definition) is 5. The molecule has 1 aromatic carbocycles. The first-order chi connectivity index (χ1) is 8.21. The van der Waals surface area contributed by atoms with E-state index in [9.17, 15) is 5.11 Å². The second-order valence-corrected chi connectivity index (χ2v) is 3.59. The summed E-state index contributed by atoms with van der Waals surface area (Å²) < 4.78 is 15.6. The van der Waals surface area contributed by atoms with E-state index in [1.54, 1.807) is 14.2 Å². The lowest BCUT2D eigenvalue weighted by atomic mass is 10.2. The largest absolute Gasteiger partial charge is 0.493 e. The molecule has 5 nitrogen and oxygen atoms in total. The van der Waals surface area contributed by atoms with Gasteiger partial charge in [-0.3, -0.25) is 0 Å². The Labute approximate surface area is 101 Å². The molecular formula is C12H19NO4. The quantitative estimate of drug-likeness (QED) is 0.729. The van der Waals surface area contributed by atoms with Crippen molar-refractivity contribution in [2.24, 2.45) is 5.73 Å². The molecule has 1 unspecified atom stereocenters. The summed E-state index contributed by atoms with van der Waals surface area (Å²) in [6.45, 7) is 0.828. The summed E-state index contributed by atoms with van der Waals surface area (Å²) in [5.74, 6) is 1.34. The first-order valence-electron chi connectivity index (χ1n) is 5.38. The van der Waals surface area contributed by atoms with Crippen LogP contribution >= 0.6 is 0 Å². The average Bonchev–Trinajstić information content (AvgIpc) is 2.38. The smallest absolute Gasteiger partial charge is 0.161 e. The maximum atomic E-state index is 9.22. The van der Waals surface area contributed by atoms with E-state index in [-0.39, 0.29) is 13.2 Å². The molecule has 0 spiro atoms. The van der Waals surface area contributed by atoms with Crippen LogP contribution < -0.4 is 15.2 Å². The third-order valence-corrected chi connectivity index (χ3v) is 2.30. The minimum Gasteiger partial charge on any atom is -0.493 e. The van der Waals surface area contributed by atoms with Crippen LogP contribution in [0.25, 0.3) is 0 Å². The van der Waals surface area contributed by atoms with Crippen molar-refractivity contribution in [2.75, 3.05) is 27.4 Å². The predicted molar refractivity (Wildman–Crippen MR) is 64.3 cm³/mol. The van der Waals surface area contributed by atoms with E-state index in [0.717, 1.165) is 5.56 Å². The number of rotatable bonds is 7. The minimum absolute atomic E-state index is 0.200. The fourth-order valence-electron chi connectivity index (χ4n) is 1.35. The number of aliphatic hydroxyl groups is 1. The zero-order valence-electron chi connectivity index (χ0n) is 10.2.